The van der Waals surface area contributed by atoms with E-state index in [2.05, 4.69) is 20.8 Å². The molecule has 1 rings (SSSR count). The highest BCUT2D eigenvalue weighted by Gasteiger charge is 2.44. The molecule has 0 amide bonds. The highest BCUT2D eigenvalue weighted by Crippen LogP contribution is 2.48. The van der Waals surface area contributed by atoms with Gasteiger partial charge in [-0.1, -0.05) is 27.7 Å². The smallest absolute Gasteiger partial charge is 0.0726 e. The maximum atomic E-state index is 10.2. The molecule has 0 aromatic carbocycles. The third-order valence-corrected chi connectivity index (χ3v) is 4.04. The fourth-order valence-corrected chi connectivity index (χ4v) is 3.02. The van der Waals surface area contributed by atoms with Crippen LogP contribution >= 0.6 is 0 Å². The van der Waals surface area contributed by atoms with Crippen LogP contribution in [0.3, 0.4) is 0 Å². The average molecular weight is 199 g/mol. The molecule has 0 aromatic rings. The van der Waals surface area contributed by atoms with Crippen molar-refractivity contribution in [2.45, 2.75) is 59.1 Å². The van der Waals surface area contributed by atoms with Gasteiger partial charge in [0.2, 0.25) is 0 Å². The molecule has 1 aliphatic rings. The van der Waals surface area contributed by atoms with Crippen molar-refractivity contribution in [2.75, 3.05) is 0 Å². The van der Waals surface area contributed by atoms with Crippen molar-refractivity contribution in [1.82, 2.24) is 0 Å². The molecule has 0 radical (unpaired) electrons. The van der Waals surface area contributed by atoms with Gasteiger partial charge < -0.3 is 10.8 Å². The summed E-state index contributed by atoms with van der Waals surface area (Å²) < 4.78 is 0. The summed E-state index contributed by atoms with van der Waals surface area (Å²) in [5, 5.41) is 10.2. The van der Waals surface area contributed by atoms with E-state index in [-0.39, 0.29) is 17.6 Å². The molecule has 3 N–H and O–H groups in total. The number of nitrogens with two attached hydrogens (primary N) is 1. The molecule has 0 aliphatic heterocycles. The summed E-state index contributed by atoms with van der Waals surface area (Å²) in [7, 11) is 0. The SMILES string of the molecule is CCC(N)C(O)C1C(C)CCC1(C)C. The van der Waals surface area contributed by atoms with Gasteiger partial charge in [0.25, 0.3) is 0 Å². The lowest BCUT2D eigenvalue weighted by molar-refractivity contribution is 0.0151. The van der Waals surface area contributed by atoms with Gasteiger partial charge in [-0.25, -0.2) is 0 Å². The summed E-state index contributed by atoms with van der Waals surface area (Å²) in [6.07, 6.45) is 2.98. The second-order valence-electron chi connectivity index (χ2n) is 5.59. The van der Waals surface area contributed by atoms with Crippen molar-refractivity contribution < 1.29 is 5.11 Å². The van der Waals surface area contributed by atoms with Crippen molar-refractivity contribution in [2.24, 2.45) is 23.0 Å². The summed E-state index contributed by atoms with van der Waals surface area (Å²) in [5.74, 6) is 0.982. The molecule has 1 fully saturated rings. The van der Waals surface area contributed by atoms with Crippen LogP contribution in [0.5, 0.6) is 0 Å². The van der Waals surface area contributed by atoms with Crippen molar-refractivity contribution in [1.29, 1.82) is 0 Å². The van der Waals surface area contributed by atoms with Crippen LogP contribution in [0, 0.1) is 17.3 Å². The first-order valence-electron chi connectivity index (χ1n) is 5.83. The van der Waals surface area contributed by atoms with Gasteiger partial charge in [-0.15, -0.1) is 0 Å². The largest absolute Gasteiger partial charge is 0.391 e. The summed E-state index contributed by atoms with van der Waals surface area (Å²) in [4.78, 5) is 0. The van der Waals surface area contributed by atoms with Gasteiger partial charge in [0.1, 0.15) is 0 Å². The maximum Gasteiger partial charge on any atom is 0.0726 e. The number of aliphatic hydroxyl groups is 1. The van der Waals surface area contributed by atoms with E-state index in [4.69, 9.17) is 5.73 Å². The molecule has 0 spiro atoms. The molecule has 0 saturated heterocycles. The monoisotopic (exact) mass is 199 g/mol. The Morgan fingerprint density at radius 3 is 2.43 bits per heavy atom. The van der Waals surface area contributed by atoms with Crippen molar-refractivity contribution in [3.8, 4) is 0 Å². The third-order valence-electron chi connectivity index (χ3n) is 4.04. The zero-order valence-corrected chi connectivity index (χ0v) is 9.96. The zero-order valence-electron chi connectivity index (χ0n) is 9.96. The molecule has 14 heavy (non-hydrogen) atoms. The Bertz CT molecular complexity index is 191. The second kappa shape index (κ2) is 4.19. The van der Waals surface area contributed by atoms with E-state index in [1.165, 1.54) is 12.8 Å². The van der Waals surface area contributed by atoms with E-state index in [1.807, 2.05) is 6.92 Å². The third kappa shape index (κ3) is 2.12. The predicted molar refractivity (Wildman–Crippen MR) is 59.9 cm³/mol. The molecule has 0 heterocycles. The first-order chi connectivity index (χ1) is 6.40. The minimum absolute atomic E-state index is 0.0557. The van der Waals surface area contributed by atoms with Gasteiger partial charge in [-0.3, -0.25) is 0 Å². The van der Waals surface area contributed by atoms with E-state index in [0.717, 1.165) is 6.42 Å². The molecule has 84 valence electrons. The van der Waals surface area contributed by atoms with Crippen LogP contribution in [-0.4, -0.2) is 17.3 Å². The zero-order chi connectivity index (χ0) is 10.9. The van der Waals surface area contributed by atoms with Crippen molar-refractivity contribution in [3.05, 3.63) is 0 Å². The second-order valence-corrected chi connectivity index (χ2v) is 5.59. The Kier molecular flexibility index (Phi) is 3.59. The average Bonchev–Trinajstić information content (AvgIpc) is 2.38. The summed E-state index contributed by atoms with van der Waals surface area (Å²) in [6, 6.07) is -0.0557. The van der Waals surface area contributed by atoms with Crippen LogP contribution < -0.4 is 5.73 Å². The maximum absolute atomic E-state index is 10.2. The topological polar surface area (TPSA) is 46.2 Å². The van der Waals surface area contributed by atoms with Crippen molar-refractivity contribution in [3.63, 3.8) is 0 Å². The van der Waals surface area contributed by atoms with Gasteiger partial charge >= 0.3 is 0 Å². The molecule has 0 aromatic heterocycles. The Labute approximate surface area is 87.9 Å². The Morgan fingerprint density at radius 1 is 1.50 bits per heavy atom. The molecular formula is C12H25NO. The van der Waals surface area contributed by atoms with Crippen molar-refractivity contribution >= 4 is 0 Å². The van der Waals surface area contributed by atoms with Gasteiger partial charge in [0, 0.05) is 6.04 Å². The Hall–Kier alpha value is -0.0800. The van der Waals surface area contributed by atoms with E-state index >= 15 is 0 Å². The van der Waals surface area contributed by atoms with Gasteiger partial charge in [0.15, 0.2) is 0 Å². The molecule has 1 saturated carbocycles. The molecule has 1 aliphatic carbocycles. The molecule has 2 nitrogen and oxygen atoms in total. The standard InChI is InChI=1S/C12H25NO/c1-5-9(13)11(14)10-8(2)6-7-12(10,3)4/h8-11,14H,5-7,13H2,1-4H3. The molecule has 0 bridgehead atoms. The molecule has 2 heteroatoms. The normalized spacial score (nSPS) is 35.6. The van der Waals surface area contributed by atoms with Crippen LogP contribution in [-0.2, 0) is 0 Å². The van der Waals surface area contributed by atoms with E-state index in [0.29, 0.717) is 11.8 Å². The van der Waals surface area contributed by atoms with Gasteiger partial charge in [0.05, 0.1) is 6.10 Å². The summed E-state index contributed by atoms with van der Waals surface area (Å²) >= 11 is 0. The van der Waals surface area contributed by atoms with E-state index in [1.54, 1.807) is 0 Å². The van der Waals surface area contributed by atoms with Crippen LogP contribution in [0.4, 0.5) is 0 Å². The lowest BCUT2D eigenvalue weighted by Gasteiger charge is -2.36. The number of aliphatic hydroxyl groups excluding tert-OH is 1. The highest BCUT2D eigenvalue weighted by atomic mass is 16.3. The van der Waals surface area contributed by atoms with Gasteiger partial charge in [-0.2, -0.15) is 0 Å². The number of hydrogen-bond acceptors (Lipinski definition) is 2. The molecular weight excluding hydrogens is 174 g/mol. The quantitative estimate of drug-likeness (QED) is 0.731. The number of rotatable bonds is 3. The number of hydrogen-bond donors (Lipinski definition) is 2. The molecule has 4 unspecified atom stereocenters. The highest BCUT2D eigenvalue weighted by molar-refractivity contribution is 4.95. The predicted octanol–water partition coefficient (Wildman–Crippen LogP) is 2.16. The van der Waals surface area contributed by atoms with Gasteiger partial charge in [-0.05, 0) is 36.5 Å². The van der Waals surface area contributed by atoms with E-state index < -0.39 is 0 Å². The fraction of sp³-hybridized carbons (Fsp3) is 1.00. The first-order valence-corrected chi connectivity index (χ1v) is 5.83. The van der Waals surface area contributed by atoms with Crippen LogP contribution in [0.25, 0.3) is 0 Å². The van der Waals surface area contributed by atoms with E-state index in [9.17, 15) is 5.11 Å². The fourth-order valence-electron chi connectivity index (χ4n) is 3.02. The lowest BCUT2D eigenvalue weighted by atomic mass is 9.73. The van der Waals surface area contributed by atoms with Crippen LogP contribution in [0.15, 0.2) is 0 Å². The Balaban J connectivity index is 2.74. The lowest BCUT2D eigenvalue weighted by Crippen LogP contribution is -2.45. The Morgan fingerprint density at radius 2 is 2.07 bits per heavy atom. The minimum atomic E-state index is -0.326. The summed E-state index contributed by atoms with van der Waals surface area (Å²) in [6.45, 7) is 8.80. The summed E-state index contributed by atoms with van der Waals surface area (Å²) in [5.41, 5.74) is 6.19. The minimum Gasteiger partial charge on any atom is -0.391 e. The molecule has 4 atom stereocenters. The first kappa shape index (κ1) is 12.0. The van der Waals surface area contributed by atoms with Crippen LogP contribution in [0.1, 0.15) is 47.0 Å². The van der Waals surface area contributed by atoms with Crippen LogP contribution in [0.2, 0.25) is 0 Å².